The summed E-state index contributed by atoms with van der Waals surface area (Å²) in [4.78, 5) is 15.9. The third kappa shape index (κ3) is 2.03. The summed E-state index contributed by atoms with van der Waals surface area (Å²) in [6.07, 6.45) is 1.73. The van der Waals surface area contributed by atoms with Gasteiger partial charge in [-0.25, -0.2) is 0 Å². The summed E-state index contributed by atoms with van der Waals surface area (Å²) in [5, 5.41) is 3.91. The lowest BCUT2D eigenvalue weighted by atomic mass is 10.1. The van der Waals surface area contributed by atoms with E-state index >= 15 is 0 Å². The number of hydrogen-bond acceptors (Lipinski definition) is 2. The Kier molecular flexibility index (Phi) is 2.86. The number of anilines is 1. The summed E-state index contributed by atoms with van der Waals surface area (Å²) >= 11 is 0. The quantitative estimate of drug-likeness (QED) is 0.835. The van der Waals surface area contributed by atoms with Crippen LogP contribution in [0.5, 0.6) is 0 Å². The standard InChI is InChI=1S/C13H14N2O/c1-9(2)13(16)15-11-7-3-5-10-6-4-8-14-12(10)11/h3-9H,1-2H3,(H,15,16). The first-order valence-corrected chi connectivity index (χ1v) is 5.33. The predicted molar refractivity (Wildman–Crippen MR) is 65.2 cm³/mol. The van der Waals surface area contributed by atoms with E-state index < -0.39 is 0 Å². The number of amides is 1. The van der Waals surface area contributed by atoms with E-state index in [1.54, 1.807) is 6.20 Å². The minimum absolute atomic E-state index is 0.0122. The Morgan fingerprint density at radius 1 is 1.25 bits per heavy atom. The number of para-hydroxylation sites is 1. The Morgan fingerprint density at radius 3 is 2.75 bits per heavy atom. The average Bonchev–Trinajstić information content (AvgIpc) is 2.29. The van der Waals surface area contributed by atoms with Crippen molar-refractivity contribution in [2.75, 3.05) is 5.32 Å². The zero-order valence-electron chi connectivity index (χ0n) is 9.40. The van der Waals surface area contributed by atoms with Gasteiger partial charge >= 0.3 is 0 Å². The van der Waals surface area contributed by atoms with E-state index in [0.717, 1.165) is 16.6 Å². The Bertz CT molecular complexity index is 515. The van der Waals surface area contributed by atoms with Crippen molar-refractivity contribution in [1.29, 1.82) is 0 Å². The van der Waals surface area contributed by atoms with Gasteiger partial charge in [0.05, 0.1) is 11.2 Å². The van der Waals surface area contributed by atoms with Crippen LogP contribution in [-0.4, -0.2) is 10.9 Å². The molecule has 0 spiro atoms. The first-order chi connectivity index (χ1) is 7.68. The summed E-state index contributed by atoms with van der Waals surface area (Å²) in [6.45, 7) is 3.74. The molecule has 16 heavy (non-hydrogen) atoms. The lowest BCUT2D eigenvalue weighted by molar-refractivity contribution is -0.118. The molecular weight excluding hydrogens is 200 g/mol. The molecule has 0 aliphatic carbocycles. The first-order valence-electron chi connectivity index (χ1n) is 5.33. The largest absolute Gasteiger partial charge is 0.324 e. The van der Waals surface area contributed by atoms with Gasteiger partial charge in [-0.1, -0.05) is 32.0 Å². The summed E-state index contributed by atoms with van der Waals surface area (Å²) in [7, 11) is 0. The van der Waals surface area contributed by atoms with Gasteiger partial charge in [-0.3, -0.25) is 9.78 Å². The lowest BCUT2D eigenvalue weighted by Crippen LogP contribution is -2.17. The van der Waals surface area contributed by atoms with Crippen molar-refractivity contribution in [3.05, 3.63) is 36.5 Å². The Morgan fingerprint density at radius 2 is 2.00 bits per heavy atom. The van der Waals surface area contributed by atoms with Crippen LogP contribution in [0.3, 0.4) is 0 Å². The van der Waals surface area contributed by atoms with E-state index in [-0.39, 0.29) is 11.8 Å². The molecule has 3 nitrogen and oxygen atoms in total. The second-order valence-electron chi connectivity index (χ2n) is 4.02. The summed E-state index contributed by atoms with van der Waals surface area (Å²) in [5.41, 5.74) is 1.61. The second kappa shape index (κ2) is 4.31. The number of nitrogens with one attached hydrogen (secondary N) is 1. The second-order valence-corrected chi connectivity index (χ2v) is 4.02. The van der Waals surface area contributed by atoms with Crippen molar-refractivity contribution >= 4 is 22.5 Å². The van der Waals surface area contributed by atoms with Crippen LogP contribution in [0.1, 0.15) is 13.8 Å². The number of carbonyl (C=O) groups excluding carboxylic acids is 1. The van der Waals surface area contributed by atoms with E-state index in [2.05, 4.69) is 10.3 Å². The molecule has 1 amide bonds. The highest BCUT2D eigenvalue weighted by Gasteiger charge is 2.09. The number of hydrogen-bond donors (Lipinski definition) is 1. The van der Waals surface area contributed by atoms with Crippen molar-refractivity contribution in [2.45, 2.75) is 13.8 Å². The Labute approximate surface area is 94.5 Å². The van der Waals surface area contributed by atoms with Crippen LogP contribution in [0, 0.1) is 5.92 Å². The van der Waals surface area contributed by atoms with E-state index in [4.69, 9.17) is 0 Å². The first kappa shape index (κ1) is 10.6. The van der Waals surface area contributed by atoms with Gasteiger partial charge in [-0.05, 0) is 12.1 Å². The minimum Gasteiger partial charge on any atom is -0.324 e. The van der Waals surface area contributed by atoms with E-state index in [9.17, 15) is 4.79 Å². The predicted octanol–water partition coefficient (Wildman–Crippen LogP) is 2.83. The molecule has 0 unspecified atom stereocenters. The molecule has 0 aliphatic heterocycles. The van der Waals surface area contributed by atoms with Gasteiger partial charge < -0.3 is 5.32 Å². The SMILES string of the molecule is CC(C)C(=O)Nc1cccc2cccnc12. The smallest absolute Gasteiger partial charge is 0.226 e. The van der Waals surface area contributed by atoms with Crippen LogP contribution >= 0.6 is 0 Å². The molecular formula is C13H14N2O. The monoisotopic (exact) mass is 214 g/mol. The minimum atomic E-state index is -0.0287. The third-order valence-electron chi connectivity index (χ3n) is 2.41. The normalized spacial score (nSPS) is 10.7. The van der Waals surface area contributed by atoms with Crippen LogP contribution < -0.4 is 5.32 Å². The van der Waals surface area contributed by atoms with Gasteiger partial charge in [-0.15, -0.1) is 0 Å². The molecule has 1 aromatic heterocycles. The Hall–Kier alpha value is -1.90. The van der Waals surface area contributed by atoms with Gasteiger partial charge in [0.2, 0.25) is 5.91 Å². The number of aromatic nitrogens is 1. The highest BCUT2D eigenvalue weighted by molar-refractivity contribution is 6.00. The maximum Gasteiger partial charge on any atom is 0.226 e. The molecule has 3 heteroatoms. The molecule has 1 heterocycles. The van der Waals surface area contributed by atoms with Crippen molar-refractivity contribution in [3.63, 3.8) is 0 Å². The molecule has 0 atom stereocenters. The molecule has 1 N–H and O–H groups in total. The molecule has 0 bridgehead atoms. The van der Waals surface area contributed by atoms with E-state index in [0.29, 0.717) is 0 Å². The van der Waals surface area contributed by atoms with E-state index in [1.165, 1.54) is 0 Å². The topological polar surface area (TPSA) is 42.0 Å². The van der Waals surface area contributed by atoms with Crippen LogP contribution in [-0.2, 0) is 4.79 Å². The molecule has 0 saturated carbocycles. The fourth-order valence-corrected chi connectivity index (χ4v) is 1.48. The molecule has 0 saturated heterocycles. The zero-order valence-corrected chi connectivity index (χ0v) is 9.40. The number of rotatable bonds is 2. The number of carbonyl (C=O) groups is 1. The Balaban J connectivity index is 2.41. The molecule has 0 fully saturated rings. The lowest BCUT2D eigenvalue weighted by Gasteiger charge is -2.09. The number of pyridine rings is 1. The molecule has 0 radical (unpaired) electrons. The van der Waals surface area contributed by atoms with Gasteiger partial charge in [-0.2, -0.15) is 0 Å². The number of fused-ring (bicyclic) bond motifs is 1. The van der Waals surface area contributed by atoms with Gasteiger partial charge in [0.15, 0.2) is 0 Å². The van der Waals surface area contributed by atoms with Crippen molar-refractivity contribution < 1.29 is 4.79 Å². The zero-order chi connectivity index (χ0) is 11.5. The average molecular weight is 214 g/mol. The maximum absolute atomic E-state index is 11.6. The van der Waals surface area contributed by atoms with Gasteiger partial charge in [0.25, 0.3) is 0 Å². The summed E-state index contributed by atoms with van der Waals surface area (Å²) < 4.78 is 0. The fraction of sp³-hybridized carbons (Fsp3) is 0.231. The highest BCUT2D eigenvalue weighted by atomic mass is 16.1. The maximum atomic E-state index is 11.6. The molecule has 1 aromatic carbocycles. The van der Waals surface area contributed by atoms with Crippen molar-refractivity contribution in [3.8, 4) is 0 Å². The number of nitrogens with zero attached hydrogens (tertiary/aromatic N) is 1. The van der Waals surface area contributed by atoms with E-state index in [1.807, 2.05) is 44.2 Å². The van der Waals surface area contributed by atoms with Crippen LogP contribution in [0.25, 0.3) is 10.9 Å². The van der Waals surface area contributed by atoms with Gasteiger partial charge in [0, 0.05) is 17.5 Å². The van der Waals surface area contributed by atoms with Crippen molar-refractivity contribution in [2.24, 2.45) is 5.92 Å². The summed E-state index contributed by atoms with van der Waals surface area (Å²) in [5.74, 6) is -0.0166. The molecule has 0 aliphatic rings. The van der Waals surface area contributed by atoms with Crippen LogP contribution in [0.2, 0.25) is 0 Å². The molecule has 82 valence electrons. The van der Waals surface area contributed by atoms with Crippen LogP contribution in [0.4, 0.5) is 5.69 Å². The van der Waals surface area contributed by atoms with Crippen molar-refractivity contribution in [1.82, 2.24) is 4.98 Å². The van der Waals surface area contributed by atoms with Crippen LogP contribution in [0.15, 0.2) is 36.5 Å². The molecule has 2 rings (SSSR count). The summed E-state index contributed by atoms with van der Waals surface area (Å²) in [6, 6.07) is 9.63. The third-order valence-corrected chi connectivity index (χ3v) is 2.41. The number of benzene rings is 1. The van der Waals surface area contributed by atoms with Gasteiger partial charge in [0.1, 0.15) is 0 Å². The molecule has 2 aromatic rings. The fourth-order valence-electron chi connectivity index (χ4n) is 1.48. The highest BCUT2D eigenvalue weighted by Crippen LogP contribution is 2.20.